The van der Waals surface area contributed by atoms with E-state index in [-0.39, 0.29) is 6.04 Å². The molecule has 16 heavy (non-hydrogen) atoms. The molecule has 0 radical (unpaired) electrons. The third kappa shape index (κ3) is 4.52. The molecular formula is C12H20BrNOS. The van der Waals surface area contributed by atoms with Crippen LogP contribution in [-0.4, -0.2) is 17.5 Å². The summed E-state index contributed by atoms with van der Waals surface area (Å²) >= 11 is 5.47. The van der Waals surface area contributed by atoms with E-state index < -0.39 is 0 Å². The van der Waals surface area contributed by atoms with Crippen molar-refractivity contribution in [2.24, 2.45) is 0 Å². The molecule has 0 aliphatic rings. The normalized spacial score (nSPS) is 15.0. The Morgan fingerprint density at radius 2 is 2.25 bits per heavy atom. The summed E-state index contributed by atoms with van der Waals surface area (Å²) in [5.74, 6) is 3.40. The molecule has 0 fully saturated rings. The van der Waals surface area contributed by atoms with Crippen molar-refractivity contribution in [2.45, 2.75) is 39.3 Å². The van der Waals surface area contributed by atoms with Crippen molar-refractivity contribution in [3.05, 3.63) is 22.6 Å². The predicted octanol–water partition coefficient (Wildman–Crippen LogP) is 4.22. The van der Waals surface area contributed by atoms with Crippen molar-refractivity contribution in [1.82, 2.24) is 5.32 Å². The van der Waals surface area contributed by atoms with Gasteiger partial charge in [-0.3, -0.25) is 0 Å². The topological polar surface area (TPSA) is 25.2 Å². The van der Waals surface area contributed by atoms with Crippen molar-refractivity contribution in [2.75, 3.05) is 11.5 Å². The summed E-state index contributed by atoms with van der Waals surface area (Å²) < 4.78 is 6.48. The molecule has 0 aliphatic heterocycles. The standard InChI is InChI=1S/C12H20BrNOS/c1-4-16-8-6-9(2)14-10(3)12-11(13)5-7-15-12/h5,7,9-10,14H,4,6,8H2,1-3H3. The van der Waals surface area contributed by atoms with Crippen LogP contribution in [0.4, 0.5) is 0 Å². The summed E-state index contributed by atoms with van der Waals surface area (Å²) in [6, 6.07) is 2.71. The van der Waals surface area contributed by atoms with Gasteiger partial charge in [0.1, 0.15) is 5.76 Å². The van der Waals surface area contributed by atoms with Crippen LogP contribution >= 0.6 is 27.7 Å². The molecule has 0 aromatic carbocycles. The predicted molar refractivity (Wildman–Crippen MR) is 75.0 cm³/mol. The second-order valence-electron chi connectivity index (χ2n) is 3.91. The maximum absolute atomic E-state index is 5.44. The van der Waals surface area contributed by atoms with Gasteiger partial charge in [-0.15, -0.1) is 0 Å². The number of rotatable bonds is 7. The summed E-state index contributed by atoms with van der Waals surface area (Å²) in [5.41, 5.74) is 0. The van der Waals surface area contributed by atoms with E-state index in [1.54, 1.807) is 6.26 Å². The molecule has 1 heterocycles. The first-order valence-corrected chi connectivity index (χ1v) is 7.66. The third-order valence-electron chi connectivity index (χ3n) is 2.47. The number of nitrogens with one attached hydrogen (secondary N) is 1. The van der Waals surface area contributed by atoms with E-state index in [0.717, 1.165) is 10.2 Å². The maximum Gasteiger partial charge on any atom is 0.134 e. The van der Waals surface area contributed by atoms with Crippen LogP contribution in [0.2, 0.25) is 0 Å². The van der Waals surface area contributed by atoms with E-state index in [1.165, 1.54) is 17.9 Å². The molecule has 0 saturated carbocycles. The second kappa shape index (κ2) is 7.41. The van der Waals surface area contributed by atoms with Crippen molar-refractivity contribution < 1.29 is 4.42 Å². The van der Waals surface area contributed by atoms with Gasteiger partial charge in [-0.25, -0.2) is 0 Å². The number of thioether (sulfide) groups is 1. The molecule has 0 aliphatic carbocycles. The fraction of sp³-hybridized carbons (Fsp3) is 0.667. The number of hydrogen-bond donors (Lipinski definition) is 1. The van der Waals surface area contributed by atoms with Crippen molar-refractivity contribution in [1.29, 1.82) is 0 Å². The first kappa shape index (κ1) is 14.1. The highest BCUT2D eigenvalue weighted by atomic mass is 79.9. The monoisotopic (exact) mass is 305 g/mol. The van der Waals surface area contributed by atoms with Crippen LogP contribution in [0.5, 0.6) is 0 Å². The van der Waals surface area contributed by atoms with E-state index in [9.17, 15) is 0 Å². The van der Waals surface area contributed by atoms with E-state index in [1.807, 2.05) is 17.8 Å². The fourth-order valence-corrected chi connectivity index (χ4v) is 2.96. The van der Waals surface area contributed by atoms with Crippen LogP contribution in [0.3, 0.4) is 0 Å². The lowest BCUT2D eigenvalue weighted by molar-refractivity contribution is 0.393. The zero-order chi connectivity index (χ0) is 12.0. The van der Waals surface area contributed by atoms with Crippen molar-refractivity contribution in [3.8, 4) is 0 Å². The lowest BCUT2D eigenvalue weighted by Gasteiger charge is -2.18. The maximum atomic E-state index is 5.44. The Kier molecular flexibility index (Phi) is 6.54. The lowest BCUT2D eigenvalue weighted by Crippen LogP contribution is -2.29. The molecule has 0 spiro atoms. The zero-order valence-electron chi connectivity index (χ0n) is 10.1. The van der Waals surface area contributed by atoms with Crippen molar-refractivity contribution in [3.63, 3.8) is 0 Å². The second-order valence-corrected chi connectivity index (χ2v) is 6.16. The third-order valence-corrected chi connectivity index (χ3v) is 4.06. The van der Waals surface area contributed by atoms with Gasteiger partial charge in [0.15, 0.2) is 0 Å². The van der Waals surface area contributed by atoms with Crippen LogP contribution in [-0.2, 0) is 0 Å². The van der Waals surface area contributed by atoms with Crippen molar-refractivity contribution >= 4 is 27.7 Å². The first-order valence-electron chi connectivity index (χ1n) is 5.71. The molecule has 1 rings (SSSR count). The average molecular weight is 306 g/mol. The van der Waals surface area contributed by atoms with Gasteiger partial charge in [0.25, 0.3) is 0 Å². The summed E-state index contributed by atoms with van der Waals surface area (Å²) in [6.07, 6.45) is 2.91. The van der Waals surface area contributed by atoms with Gasteiger partial charge in [-0.2, -0.15) is 11.8 Å². The zero-order valence-corrected chi connectivity index (χ0v) is 12.5. The molecule has 2 nitrogen and oxygen atoms in total. The Morgan fingerprint density at radius 1 is 1.50 bits per heavy atom. The molecule has 92 valence electrons. The molecule has 1 aromatic heterocycles. The van der Waals surface area contributed by atoms with Crippen LogP contribution in [0.1, 0.15) is 39.0 Å². The summed E-state index contributed by atoms with van der Waals surface area (Å²) in [5, 5.41) is 3.54. The summed E-state index contributed by atoms with van der Waals surface area (Å²) in [4.78, 5) is 0. The van der Waals surface area contributed by atoms with Gasteiger partial charge >= 0.3 is 0 Å². The lowest BCUT2D eigenvalue weighted by atomic mass is 10.2. The highest BCUT2D eigenvalue weighted by molar-refractivity contribution is 9.10. The number of halogens is 1. The smallest absolute Gasteiger partial charge is 0.134 e. The fourth-order valence-electron chi connectivity index (χ4n) is 1.60. The molecule has 1 N–H and O–H groups in total. The number of hydrogen-bond acceptors (Lipinski definition) is 3. The summed E-state index contributed by atoms with van der Waals surface area (Å²) in [7, 11) is 0. The largest absolute Gasteiger partial charge is 0.466 e. The highest BCUT2D eigenvalue weighted by Crippen LogP contribution is 2.24. The molecular weight excluding hydrogens is 286 g/mol. The Hall–Kier alpha value is 0.0700. The van der Waals surface area contributed by atoms with E-state index in [2.05, 4.69) is 42.0 Å². The Bertz CT molecular complexity index is 303. The van der Waals surface area contributed by atoms with Gasteiger partial charge in [-0.05, 0) is 53.8 Å². The molecule has 2 atom stereocenters. The van der Waals surface area contributed by atoms with Crippen LogP contribution in [0, 0.1) is 0 Å². The van der Waals surface area contributed by atoms with Crippen LogP contribution in [0.15, 0.2) is 21.2 Å². The molecule has 1 aromatic rings. The first-order chi connectivity index (χ1) is 7.65. The number of furan rings is 1. The van der Waals surface area contributed by atoms with Gasteiger partial charge in [0, 0.05) is 6.04 Å². The minimum Gasteiger partial charge on any atom is -0.466 e. The molecule has 4 heteroatoms. The van der Waals surface area contributed by atoms with Gasteiger partial charge in [0.2, 0.25) is 0 Å². The summed E-state index contributed by atoms with van der Waals surface area (Å²) in [6.45, 7) is 6.56. The minimum atomic E-state index is 0.256. The van der Waals surface area contributed by atoms with E-state index in [4.69, 9.17) is 4.42 Å². The highest BCUT2D eigenvalue weighted by Gasteiger charge is 2.14. The molecule has 0 saturated heterocycles. The minimum absolute atomic E-state index is 0.256. The Labute approximate surface area is 111 Å². The molecule has 0 amide bonds. The van der Waals surface area contributed by atoms with Gasteiger partial charge in [-0.1, -0.05) is 6.92 Å². The van der Waals surface area contributed by atoms with Gasteiger partial charge < -0.3 is 9.73 Å². The SMILES string of the molecule is CCSCCC(C)NC(C)c1occc1Br. The van der Waals surface area contributed by atoms with E-state index >= 15 is 0 Å². The van der Waals surface area contributed by atoms with Crippen LogP contribution < -0.4 is 5.32 Å². The Balaban J connectivity index is 2.33. The molecule has 2 unspecified atom stereocenters. The van der Waals surface area contributed by atoms with E-state index in [0.29, 0.717) is 6.04 Å². The molecule has 0 bridgehead atoms. The quantitative estimate of drug-likeness (QED) is 0.763. The Morgan fingerprint density at radius 3 is 2.81 bits per heavy atom. The average Bonchev–Trinajstić information content (AvgIpc) is 2.65. The van der Waals surface area contributed by atoms with Crippen LogP contribution in [0.25, 0.3) is 0 Å². The van der Waals surface area contributed by atoms with Gasteiger partial charge in [0.05, 0.1) is 16.8 Å².